The van der Waals surface area contributed by atoms with E-state index in [1.165, 1.54) is 26.4 Å². The summed E-state index contributed by atoms with van der Waals surface area (Å²) in [4.78, 5) is 24.9. The van der Waals surface area contributed by atoms with Crippen LogP contribution in [0.15, 0.2) is 42.0 Å². The normalized spacial score (nSPS) is 26.4. The van der Waals surface area contributed by atoms with Crippen LogP contribution in [0.4, 0.5) is 0 Å². The van der Waals surface area contributed by atoms with Crippen molar-refractivity contribution in [2.45, 2.75) is 50.5 Å². The number of carbonyl (C=O) groups excluding carboxylic acids is 2. The number of benzene rings is 1. The van der Waals surface area contributed by atoms with Gasteiger partial charge >= 0.3 is 5.97 Å². The van der Waals surface area contributed by atoms with Gasteiger partial charge in [-0.05, 0) is 24.3 Å². The highest BCUT2D eigenvalue weighted by molar-refractivity contribution is 6.02. The summed E-state index contributed by atoms with van der Waals surface area (Å²) in [6.07, 6.45) is 8.97. The zero-order chi connectivity index (χ0) is 17.0. The predicted molar refractivity (Wildman–Crippen MR) is 92.3 cm³/mol. The molecule has 3 rings (SSSR count). The maximum absolute atomic E-state index is 12.5. The minimum absolute atomic E-state index is 0.123. The van der Waals surface area contributed by atoms with E-state index in [1.54, 1.807) is 0 Å². The number of nitrogens with one attached hydrogen (secondary N) is 1. The number of esters is 1. The summed E-state index contributed by atoms with van der Waals surface area (Å²) in [5.41, 5.74) is 0.776. The fraction of sp³-hybridized carbons (Fsp3) is 0.500. The lowest BCUT2D eigenvalue weighted by Gasteiger charge is -2.25. The largest absolute Gasteiger partial charge is 0.467 e. The van der Waals surface area contributed by atoms with Crippen molar-refractivity contribution in [1.82, 2.24) is 5.32 Å². The molecule has 1 saturated carbocycles. The van der Waals surface area contributed by atoms with Gasteiger partial charge in [0, 0.05) is 18.4 Å². The van der Waals surface area contributed by atoms with Crippen molar-refractivity contribution in [2.24, 2.45) is 5.92 Å². The monoisotopic (exact) mass is 327 g/mol. The van der Waals surface area contributed by atoms with Gasteiger partial charge in [0.2, 0.25) is 5.91 Å². The molecule has 0 bridgehead atoms. The molecule has 1 aromatic rings. The molecule has 1 heterocycles. The third-order valence-electron chi connectivity index (χ3n) is 5.15. The average molecular weight is 327 g/mol. The Morgan fingerprint density at radius 1 is 1.25 bits per heavy atom. The van der Waals surface area contributed by atoms with Gasteiger partial charge in [-0.3, -0.25) is 4.79 Å². The van der Waals surface area contributed by atoms with E-state index in [4.69, 9.17) is 4.74 Å². The predicted octanol–water partition coefficient (Wildman–Crippen LogP) is 3.17. The highest BCUT2D eigenvalue weighted by atomic mass is 16.5. The molecule has 1 atom stereocenters. The van der Waals surface area contributed by atoms with E-state index in [9.17, 15) is 9.59 Å². The first-order valence-electron chi connectivity index (χ1n) is 8.78. The number of ether oxygens (including phenoxy) is 1. The summed E-state index contributed by atoms with van der Waals surface area (Å²) < 4.78 is 5.02. The van der Waals surface area contributed by atoms with Crippen LogP contribution in [-0.2, 0) is 20.7 Å². The fourth-order valence-electron chi connectivity index (χ4n) is 3.91. The standard InChI is InChI=1S/C20H25NO3/c1-24-19(23)20(13-16-10-6-3-7-11-16)14-17(18(22)21-20)12-15-8-4-2-5-9-15/h3,6-7,10-12,15H,2,4-5,8-9,13-14H2,1H3,(H,21,22)/b17-12+/t20-/m0/s1. The minimum atomic E-state index is -0.978. The Balaban J connectivity index is 1.83. The molecule has 1 aliphatic carbocycles. The molecule has 1 aliphatic heterocycles. The van der Waals surface area contributed by atoms with E-state index in [0.717, 1.165) is 24.0 Å². The van der Waals surface area contributed by atoms with Crippen molar-refractivity contribution in [3.63, 3.8) is 0 Å². The van der Waals surface area contributed by atoms with E-state index >= 15 is 0 Å². The Kier molecular flexibility index (Phi) is 5.03. The number of carbonyl (C=O) groups is 2. The molecule has 2 fully saturated rings. The highest BCUT2D eigenvalue weighted by Crippen LogP contribution is 2.33. The quantitative estimate of drug-likeness (QED) is 0.683. The van der Waals surface area contributed by atoms with Gasteiger partial charge in [0.25, 0.3) is 0 Å². The topological polar surface area (TPSA) is 55.4 Å². The fourth-order valence-corrected chi connectivity index (χ4v) is 3.91. The molecular formula is C20H25NO3. The van der Waals surface area contributed by atoms with Crippen LogP contribution in [0.2, 0.25) is 0 Å². The molecule has 0 spiro atoms. The van der Waals surface area contributed by atoms with Crippen LogP contribution < -0.4 is 5.32 Å². The first-order chi connectivity index (χ1) is 11.6. The van der Waals surface area contributed by atoms with Gasteiger partial charge in [0.1, 0.15) is 5.54 Å². The minimum Gasteiger partial charge on any atom is -0.467 e. The van der Waals surface area contributed by atoms with Gasteiger partial charge in [-0.2, -0.15) is 0 Å². The number of hydrogen-bond acceptors (Lipinski definition) is 3. The second-order valence-corrected chi connectivity index (χ2v) is 6.96. The van der Waals surface area contributed by atoms with Crippen molar-refractivity contribution in [3.05, 3.63) is 47.5 Å². The summed E-state index contributed by atoms with van der Waals surface area (Å²) in [6, 6.07) is 9.76. The number of amides is 1. The van der Waals surface area contributed by atoms with Crippen LogP contribution >= 0.6 is 0 Å². The Morgan fingerprint density at radius 3 is 2.62 bits per heavy atom. The van der Waals surface area contributed by atoms with Crippen LogP contribution in [0.3, 0.4) is 0 Å². The molecule has 1 saturated heterocycles. The zero-order valence-corrected chi connectivity index (χ0v) is 14.2. The molecular weight excluding hydrogens is 302 g/mol. The molecule has 0 aromatic heterocycles. The maximum Gasteiger partial charge on any atom is 0.332 e. The van der Waals surface area contributed by atoms with Crippen LogP contribution in [0.5, 0.6) is 0 Å². The van der Waals surface area contributed by atoms with E-state index in [1.807, 2.05) is 30.3 Å². The van der Waals surface area contributed by atoms with Crippen LogP contribution in [0.25, 0.3) is 0 Å². The Bertz CT molecular complexity index is 632. The lowest BCUT2D eigenvalue weighted by atomic mass is 9.84. The number of allylic oxidation sites excluding steroid dienone is 1. The van der Waals surface area contributed by atoms with Crippen LogP contribution in [0, 0.1) is 5.92 Å². The number of methoxy groups -OCH3 is 1. The summed E-state index contributed by atoms with van der Waals surface area (Å²) in [6.45, 7) is 0. The van der Waals surface area contributed by atoms with Crippen molar-refractivity contribution >= 4 is 11.9 Å². The van der Waals surface area contributed by atoms with Crippen LogP contribution in [-0.4, -0.2) is 24.5 Å². The average Bonchev–Trinajstić information content (AvgIpc) is 2.92. The first kappa shape index (κ1) is 16.7. The lowest BCUT2D eigenvalue weighted by Crippen LogP contribution is -2.51. The molecule has 24 heavy (non-hydrogen) atoms. The van der Waals surface area contributed by atoms with Crippen molar-refractivity contribution in [2.75, 3.05) is 7.11 Å². The van der Waals surface area contributed by atoms with Gasteiger partial charge in [-0.25, -0.2) is 4.79 Å². The molecule has 2 aliphatic rings. The molecule has 1 N–H and O–H groups in total. The molecule has 0 unspecified atom stereocenters. The SMILES string of the molecule is COC(=O)[C@]1(Cc2ccccc2)C/C(=C\C2CCCCC2)C(=O)N1. The molecule has 1 aromatic carbocycles. The van der Waals surface area contributed by atoms with Gasteiger partial charge in [0.05, 0.1) is 7.11 Å². The summed E-state index contributed by atoms with van der Waals surface area (Å²) in [5.74, 6) is -0.0293. The molecule has 4 heteroatoms. The maximum atomic E-state index is 12.5. The van der Waals surface area contributed by atoms with Gasteiger partial charge < -0.3 is 10.1 Å². The molecule has 0 radical (unpaired) electrons. The Labute approximate surface area is 143 Å². The van der Waals surface area contributed by atoms with E-state index in [2.05, 4.69) is 11.4 Å². The first-order valence-corrected chi connectivity index (χ1v) is 8.78. The summed E-state index contributed by atoms with van der Waals surface area (Å²) >= 11 is 0. The van der Waals surface area contributed by atoms with Crippen molar-refractivity contribution < 1.29 is 14.3 Å². The second kappa shape index (κ2) is 7.20. The highest BCUT2D eigenvalue weighted by Gasteiger charge is 2.48. The van der Waals surface area contributed by atoms with Crippen molar-refractivity contribution in [1.29, 1.82) is 0 Å². The second-order valence-electron chi connectivity index (χ2n) is 6.96. The Hall–Kier alpha value is -2.10. The smallest absolute Gasteiger partial charge is 0.332 e. The zero-order valence-electron chi connectivity index (χ0n) is 14.2. The van der Waals surface area contributed by atoms with Crippen molar-refractivity contribution in [3.8, 4) is 0 Å². The van der Waals surface area contributed by atoms with Gasteiger partial charge in [-0.1, -0.05) is 55.7 Å². The third-order valence-corrected chi connectivity index (χ3v) is 5.15. The van der Waals surface area contributed by atoms with E-state index < -0.39 is 5.54 Å². The van der Waals surface area contributed by atoms with E-state index in [0.29, 0.717) is 18.8 Å². The Morgan fingerprint density at radius 2 is 1.96 bits per heavy atom. The number of hydrogen-bond donors (Lipinski definition) is 1. The molecule has 1 amide bonds. The molecule has 4 nitrogen and oxygen atoms in total. The van der Waals surface area contributed by atoms with Gasteiger partial charge in [0.15, 0.2) is 0 Å². The molecule has 128 valence electrons. The number of rotatable bonds is 4. The van der Waals surface area contributed by atoms with E-state index in [-0.39, 0.29) is 11.9 Å². The third kappa shape index (κ3) is 3.53. The summed E-state index contributed by atoms with van der Waals surface area (Å²) in [5, 5.41) is 2.92. The lowest BCUT2D eigenvalue weighted by molar-refractivity contribution is -0.149. The van der Waals surface area contributed by atoms with Crippen LogP contribution in [0.1, 0.15) is 44.1 Å². The summed E-state index contributed by atoms with van der Waals surface area (Å²) in [7, 11) is 1.38. The van der Waals surface area contributed by atoms with Gasteiger partial charge in [-0.15, -0.1) is 0 Å².